The largest absolute Gasteiger partial charge is 0.294 e. The molecule has 0 aliphatic heterocycles. The molecule has 2 rings (SSSR count). The topological polar surface area (TPSA) is 54.4 Å². The number of aryl methyl sites for hydroxylation is 1. The number of benzene rings is 1. The van der Waals surface area contributed by atoms with Gasteiger partial charge in [-0.3, -0.25) is 4.55 Å². The summed E-state index contributed by atoms with van der Waals surface area (Å²) in [4.78, 5) is 0.0821. The predicted octanol–water partition coefficient (Wildman–Crippen LogP) is 3.36. The van der Waals surface area contributed by atoms with Crippen molar-refractivity contribution in [2.45, 2.75) is 50.3 Å². The van der Waals surface area contributed by atoms with Crippen molar-refractivity contribution in [2.75, 3.05) is 0 Å². The summed E-state index contributed by atoms with van der Waals surface area (Å²) in [5, 5.41) is 0. The molecule has 1 N–H and O–H groups in total. The maximum absolute atomic E-state index is 11.4. The number of hydrogen-bond donors (Lipinski definition) is 1. The Hall–Kier alpha value is -0.870. The summed E-state index contributed by atoms with van der Waals surface area (Å²) in [6, 6.07) is 5.13. The third kappa shape index (κ3) is 3.33. The smallest absolute Gasteiger partial charge is 0.282 e. The average molecular weight is 268 g/mol. The minimum absolute atomic E-state index is 0.0821. The maximum atomic E-state index is 11.4. The van der Waals surface area contributed by atoms with Gasteiger partial charge in [0.15, 0.2) is 0 Å². The quantitative estimate of drug-likeness (QED) is 0.855. The molecule has 0 atom stereocenters. The van der Waals surface area contributed by atoms with Crippen molar-refractivity contribution in [3.8, 4) is 0 Å². The van der Waals surface area contributed by atoms with Gasteiger partial charge in [0.25, 0.3) is 10.1 Å². The molecule has 0 radical (unpaired) electrons. The van der Waals surface area contributed by atoms with Gasteiger partial charge < -0.3 is 0 Å². The van der Waals surface area contributed by atoms with Crippen LogP contribution in [0.4, 0.5) is 0 Å². The van der Waals surface area contributed by atoms with Gasteiger partial charge in [-0.2, -0.15) is 8.42 Å². The van der Waals surface area contributed by atoms with Gasteiger partial charge in [-0.1, -0.05) is 49.8 Å². The molecule has 0 saturated heterocycles. The summed E-state index contributed by atoms with van der Waals surface area (Å²) in [5.74, 6) is 0.557. The first-order valence-corrected chi connectivity index (χ1v) is 7.98. The monoisotopic (exact) mass is 268 g/mol. The summed E-state index contributed by atoms with van der Waals surface area (Å²) in [7, 11) is -4.10. The molecular weight excluding hydrogens is 248 g/mol. The van der Waals surface area contributed by atoms with Gasteiger partial charge in [0.1, 0.15) is 0 Å². The van der Waals surface area contributed by atoms with E-state index in [1.54, 1.807) is 6.07 Å². The molecule has 0 spiro atoms. The number of rotatable bonds is 3. The summed E-state index contributed by atoms with van der Waals surface area (Å²) in [6.45, 7) is 1.94. The lowest BCUT2D eigenvalue weighted by molar-refractivity contribution is 0.354. The average Bonchev–Trinajstić information content (AvgIpc) is 2.28. The maximum Gasteiger partial charge on any atom is 0.294 e. The van der Waals surface area contributed by atoms with Crippen LogP contribution >= 0.6 is 0 Å². The summed E-state index contributed by atoms with van der Waals surface area (Å²) in [5.41, 5.74) is 1.80. The molecule has 0 bridgehead atoms. The van der Waals surface area contributed by atoms with Crippen molar-refractivity contribution >= 4 is 10.1 Å². The zero-order chi connectivity index (χ0) is 13.2. The van der Waals surface area contributed by atoms with E-state index in [0.29, 0.717) is 5.92 Å². The van der Waals surface area contributed by atoms with Crippen LogP contribution in [0, 0.1) is 12.8 Å². The van der Waals surface area contributed by atoms with Gasteiger partial charge >= 0.3 is 0 Å². The molecule has 0 amide bonds. The molecule has 1 saturated carbocycles. The molecule has 0 unspecified atom stereocenters. The molecule has 1 fully saturated rings. The van der Waals surface area contributed by atoms with E-state index in [-0.39, 0.29) is 4.90 Å². The zero-order valence-corrected chi connectivity index (χ0v) is 11.5. The molecule has 1 aliphatic rings. The van der Waals surface area contributed by atoms with E-state index in [0.717, 1.165) is 17.5 Å². The molecule has 18 heavy (non-hydrogen) atoms. The van der Waals surface area contributed by atoms with Gasteiger partial charge in [-0.25, -0.2) is 0 Å². The fraction of sp³-hybridized carbons (Fsp3) is 0.571. The van der Waals surface area contributed by atoms with Crippen LogP contribution in [0.25, 0.3) is 0 Å². The van der Waals surface area contributed by atoms with Crippen molar-refractivity contribution in [1.29, 1.82) is 0 Å². The summed E-state index contributed by atoms with van der Waals surface area (Å²) in [6.07, 6.45) is 6.85. The molecule has 1 aromatic rings. The Balaban J connectivity index is 2.27. The summed E-state index contributed by atoms with van der Waals surface area (Å²) < 4.78 is 32.0. The van der Waals surface area contributed by atoms with Gasteiger partial charge in [0, 0.05) is 0 Å². The van der Waals surface area contributed by atoms with Gasteiger partial charge in [-0.15, -0.1) is 0 Å². The lowest BCUT2D eigenvalue weighted by atomic mass is 9.84. The number of hydrogen-bond acceptors (Lipinski definition) is 2. The first-order valence-electron chi connectivity index (χ1n) is 6.54. The molecule has 1 aliphatic carbocycles. The van der Waals surface area contributed by atoms with Crippen LogP contribution in [0.3, 0.4) is 0 Å². The molecular formula is C14H20O3S. The third-order valence-corrected chi connectivity index (χ3v) is 4.68. The van der Waals surface area contributed by atoms with Crippen LogP contribution < -0.4 is 0 Å². The highest BCUT2D eigenvalue weighted by Crippen LogP contribution is 2.29. The van der Waals surface area contributed by atoms with Crippen LogP contribution in [-0.2, 0) is 16.5 Å². The molecule has 1 aromatic carbocycles. The summed E-state index contributed by atoms with van der Waals surface area (Å²) >= 11 is 0. The van der Waals surface area contributed by atoms with Crippen molar-refractivity contribution < 1.29 is 13.0 Å². The van der Waals surface area contributed by atoms with E-state index in [4.69, 9.17) is 0 Å². The highest BCUT2D eigenvalue weighted by molar-refractivity contribution is 7.85. The second kappa shape index (κ2) is 5.41. The van der Waals surface area contributed by atoms with Crippen LogP contribution in [0.2, 0.25) is 0 Å². The molecule has 3 nitrogen and oxygen atoms in total. The highest BCUT2D eigenvalue weighted by atomic mass is 32.2. The minimum atomic E-state index is -4.10. The first kappa shape index (κ1) is 13.6. The van der Waals surface area contributed by atoms with Crippen LogP contribution in [0.15, 0.2) is 23.1 Å². The van der Waals surface area contributed by atoms with E-state index >= 15 is 0 Å². The lowest BCUT2D eigenvalue weighted by Crippen LogP contribution is -2.12. The SMILES string of the molecule is Cc1ccc(S(=O)(=O)O)c(CC2CCCCC2)c1. The fourth-order valence-corrected chi connectivity index (χ4v) is 3.54. The second-order valence-corrected chi connectivity index (χ2v) is 6.68. The Morgan fingerprint density at radius 1 is 1.22 bits per heavy atom. The van der Waals surface area contributed by atoms with Crippen LogP contribution in [0.1, 0.15) is 43.2 Å². The molecule has 0 aromatic heterocycles. The first-order chi connectivity index (χ1) is 8.47. The third-order valence-electron chi connectivity index (χ3n) is 3.73. The predicted molar refractivity (Wildman–Crippen MR) is 71.3 cm³/mol. The highest BCUT2D eigenvalue weighted by Gasteiger charge is 2.20. The molecule has 4 heteroatoms. The Morgan fingerprint density at radius 3 is 2.50 bits per heavy atom. The standard InChI is InChI=1S/C14H20O3S/c1-11-7-8-14(18(15,16)17)13(9-11)10-12-5-3-2-4-6-12/h7-9,12H,2-6,10H2,1H3,(H,15,16,17). The normalized spacial score (nSPS) is 17.9. The minimum Gasteiger partial charge on any atom is -0.282 e. The van der Waals surface area contributed by atoms with Gasteiger partial charge in [-0.05, 0) is 30.9 Å². The van der Waals surface area contributed by atoms with Gasteiger partial charge in [0.2, 0.25) is 0 Å². The van der Waals surface area contributed by atoms with E-state index < -0.39 is 10.1 Å². The van der Waals surface area contributed by atoms with E-state index in [1.165, 1.54) is 38.2 Å². The van der Waals surface area contributed by atoms with Crippen LogP contribution in [-0.4, -0.2) is 13.0 Å². The van der Waals surface area contributed by atoms with Crippen molar-refractivity contribution in [3.05, 3.63) is 29.3 Å². The van der Waals surface area contributed by atoms with Gasteiger partial charge in [0.05, 0.1) is 4.90 Å². The Kier molecular flexibility index (Phi) is 4.07. The van der Waals surface area contributed by atoms with Crippen molar-refractivity contribution in [3.63, 3.8) is 0 Å². The van der Waals surface area contributed by atoms with E-state index in [1.807, 2.05) is 13.0 Å². The zero-order valence-electron chi connectivity index (χ0n) is 10.7. The fourth-order valence-electron chi connectivity index (χ4n) is 2.82. The second-order valence-electron chi connectivity index (χ2n) is 5.29. The lowest BCUT2D eigenvalue weighted by Gasteiger charge is -2.22. The van der Waals surface area contributed by atoms with Crippen LogP contribution in [0.5, 0.6) is 0 Å². The Morgan fingerprint density at radius 2 is 1.89 bits per heavy atom. The molecule has 100 valence electrons. The van der Waals surface area contributed by atoms with Crippen molar-refractivity contribution in [1.82, 2.24) is 0 Å². The molecule has 0 heterocycles. The van der Waals surface area contributed by atoms with E-state index in [9.17, 15) is 13.0 Å². The van der Waals surface area contributed by atoms with Crippen molar-refractivity contribution in [2.24, 2.45) is 5.92 Å². The Labute approximate surface area is 109 Å². The Bertz CT molecular complexity index is 514. The van der Waals surface area contributed by atoms with E-state index in [2.05, 4.69) is 0 Å².